The van der Waals surface area contributed by atoms with Crippen LogP contribution in [0.25, 0.3) is 0 Å². The molecule has 4 rings (SSSR count). The molecule has 1 aliphatic carbocycles. The van der Waals surface area contributed by atoms with Gasteiger partial charge in [0.25, 0.3) is 0 Å². The van der Waals surface area contributed by atoms with Crippen molar-refractivity contribution in [3.05, 3.63) is 12.2 Å². The molecule has 0 radical (unpaired) electrons. The average Bonchev–Trinajstić information content (AvgIpc) is 3.17. The van der Waals surface area contributed by atoms with Crippen molar-refractivity contribution in [3.63, 3.8) is 0 Å². The Morgan fingerprint density at radius 2 is 2.21 bits per heavy atom. The fourth-order valence-corrected chi connectivity index (χ4v) is 3.69. The molecule has 1 aromatic heterocycles. The van der Waals surface area contributed by atoms with Crippen molar-refractivity contribution >= 4 is 6.03 Å². The molecule has 2 saturated heterocycles. The molecule has 3 fully saturated rings. The van der Waals surface area contributed by atoms with Gasteiger partial charge in [-0.2, -0.15) is 0 Å². The van der Waals surface area contributed by atoms with E-state index in [1.165, 1.54) is 12.8 Å². The molecular weight excluding hydrogens is 308 g/mol. The highest BCUT2D eigenvalue weighted by molar-refractivity contribution is 5.74. The number of nitrogens with zero attached hydrogens (tertiary/aromatic N) is 5. The normalized spacial score (nSPS) is 28.3. The fourth-order valence-electron chi connectivity index (χ4n) is 3.69. The van der Waals surface area contributed by atoms with Crippen molar-refractivity contribution < 1.29 is 9.53 Å². The van der Waals surface area contributed by atoms with Gasteiger partial charge in [0.05, 0.1) is 13.2 Å². The smallest absolute Gasteiger partial charge is 0.317 e. The van der Waals surface area contributed by atoms with Crippen molar-refractivity contribution in [3.8, 4) is 0 Å². The molecule has 1 saturated carbocycles. The number of rotatable bonds is 4. The summed E-state index contributed by atoms with van der Waals surface area (Å²) in [7, 11) is 0. The number of ether oxygens (including phenoxy) is 1. The first-order chi connectivity index (χ1) is 11.7. The molecule has 132 valence electrons. The minimum atomic E-state index is -0.196. The van der Waals surface area contributed by atoms with Gasteiger partial charge in [-0.05, 0) is 26.2 Å². The molecule has 3 heterocycles. The maximum absolute atomic E-state index is 12.6. The third-order valence-corrected chi connectivity index (χ3v) is 5.24. The second-order valence-corrected chi connectivity index (χ2v) is 6.94. The Kier molecular flexibility index (Phi) is 4.41. The van der Waals surface area contributed by atoms with Gasteiger partial charge >= 0.3 is 6.03 Å². The van der Waals surface area contributed by atoms with Gasteiger partial charge < -0.3 is 19.5 Å². The van der Waals surface area contributed by atoms with Crippen LogP contribution in [-0.4, -0.2) is 75.5 Å². The van der Waals surface area contributed by atoms with E-state index in [-0.39, 0.29) is 18.2 Å². The molecular formula is C16H26N6O2. The zero-order chi connectivity index (χ0) is 16.5. The molecule has 2 atom stereocenters. The van der Waals surface area contributed by atoms with Crippen LogP contribution in [0.4, 0.5) is 4.79 Å². The van der Waals surface area contributed by atoms with Crippen molar-refractivity contribution in [1.29, 1.82) is 0 Å². The van der Waals surface area contributed by atoms with Crippen LogP contribution >= 0.6 is 0 Å². The lowest BCUT2D eigenvalue weighted by Gasteiger charge is -2.33. The van der Waals surface area contributed by atoms with Crippen molar-refractivity contribution in [2.75, 3.05) is 32.8 Å². The van der Waals surface area contributed by atoms with Crippen molar-refractivity contribution in [1.82, 2.24) is 29.9 Å². The number of carbonyl (C=O) groups is 1. The summed E-state index contributed by atoms with van der Waals surface area (Å²) >= 11 is 0. The standard InChI is InChI=1S/C16H26N6O2/c1-2-20-11-17-19-15(20)14-10-22(7-8-24-14)16(23)18-12-5-6-21(9-12)13-3-4-13/h11-14H,2-10H2,1H3,(H,18,23). The molecule has 0 spiro atoms. The topological polar surface area (TPSA) is 75.5 Å². The van der Waals surface area contributed by atoms with E-state index >= 15 is 0 Å². The van der Waals surface area contributed by atoms with Crippen LogP contribution in [0.1, 0.15) is 38.1 Å². The molecule has 1 aromatic rings. The number of urea groups is 1. The number of likely N-dealkylation sites (tertiary alicyclic amines) is 1. The Bertz CT molecular complexity index is 587. The lowest BCUT2D eigenvalue weighted by Crippen LogP contribution is -2.50. The van der Waals surface area contributed by atoms with E-state index in [1.54, 1.807) is 6.33 Å². The van der Waals surface area contributed by atoms with Crippen LogP contribution in [0.15, 0.2) is 6.33 Å². The van der Waals surface area contributed by atoms with E-state index in [4.69, 9.17) is 4.74 Å². The predicted octanol–water partition coefficient (Wildman–Crippen LogP) is 0.618. The largest absolute Gasteiger partial charge is 0.366 e. The summed E-state index contributed by atoms with van der Waals surface area (Å²) in [5.74, 6) is 0.802. The van der Waals surface area contributed by atoms with Crippen LogP contribution in [0.2, 0.25) is 0 Å². The van der Waals surface area contributed by atoms with E-state index in [1.807, 2.05) is 16.4 Å². The highest BCUT2D eigenvalue weighted by Gasteiger charge is 2.36. The molecule has 2 unspecified atom stereocenters. The minimum Gasteiger partial charge on any atom is -0.366 e. The molecule has 2 aliphatic heterocycles. The lowest BCUT2D eigenvalue weighted by molar-refractivity contribution is -0.0220. The van der Waals surface area contributed by atoms with Gasteiger partial charge in [0.2, 0.25) is 0 Å². The molecule has 3 aliphatic rings. The number of carbonyl (C=O) groups excluding carboxylic acids is 1. The summed E-state index contributed by atoms with van der Waals surface area (Å²) in [5.41, 5.74) is 0. The summed E-state index contributed by atoms with van der Waals surface area (Å²) in [4.78, 5) is 17.0. The number of amides is 2. The number of aromatic nitrogens is 3. The number of nitrogens with one attached hydrogen (secondary N) is 1. The molecule has 8 nitrogen and oxygen atoms in total. The first kappa shape index (κ1) is 15.8. The van der Waals surface area contributed by atoms with Gasteiger partial charge in [-0.3, -0.25) is 4.90 Å². The highest BCUT2D eigenvalue weighted by Crippen LogP contribution is 2.30. The summed E-state index contributed by atoms with van der Waals surface area (Å²) < 4.78 is 7.79. The Morgan fingerprint density at radius 3 is 3.00 bits per heavy atom. The summed E-state index contributed by atoms with van der Waals surface area (Å²) in [6.45, 7) is 6.65. The van der Waals surface area contributed by atoms with E-state index in [0.29, 0.717) is 19.7 Å². The molecule has 24 heavy (non-hydrogen) atoms. The maximum Gasteiger partial charge on any atom is 0.317 e. The van der Waals surface area contributed by atoms with Crippen LogP contribution in [0.5, 0.6) is 0 Å². The van der Waals surface area contributed by atoms with E-state index in [0.717, 1.165) is 37.9 Å². The number of hydrogen-bond donors (Lipinski definition) is 1. The van der Waals surface area contributed by atoms with Crippen LogP contribution in [-0.2, 0) is 11.3 Å². The third kappa shape index (κ3) is 3.25. The maximum atomic E-state index is 12.6. The Labute approximate surface area is 142 Å². The number of morpholine rings is 1. The average molecular weight is 334 g/mol. The first-order valence-corrected chi connectivity index (χ1v) is 9.03. The SMILES string of the molecule is CCn1cnnc1C1CN(C(=O)NC2CCN(C3CC3)C2)CCO1. The van der Waals surface area contributed by atoms with Gasteiger partial charge in [0, 0.05) is 38.3 Å². The monoisotopic (exact) mass is 334 g/mol. The summed E-state index contributed by atoms with van der Waals surface area (Å²) in [6, 6.07) is 1.08. The zero-order valence-corrected chi connectivity index (χ0v) is 14.2. The quantitative estimate of drug-likeness (QED) is 0.873. The zero-order valence-electron chi connectivity index (χ0n) is 14.2. The molecule has 0 bridgehead atoms. The Balaban J connectivity index is 1.33. The van der Waals surface area contributed by atoms with Gasteiger partial charge in [-0.15, -0.1) is 10.2 Å². The van der Waals surface area contributed by atoms with Crippen molar-refractivity contribution in [2.45, 2.75) is 50.9 Å². The fraction of sp³-hybridized carbons (Fsp3) is 0.812. The van der Waals surface area contributed by atoms with Crippen LogP contribution in [0.3, 0.4) is 0 Å². The number of aryl methyl sites for hydroxylation is 1. The predicted molar refractivity (Wildman–Crippen MR) is 87.5 cm³/mol. The van der Waals surface area contributed by atoms with Gasteiger partial charge in [0.15, 0.2) is 5.82 Å². The second-order valence-electron chi connectivity index (χ2n) is 6.94. The second kappa shape index (κ2) is 6.68. The Morgan fingerprint density at radius 1 is 1.33 bits per heavy atom. The van der Waals surface area contributed by atoms with Gasteiger partial charge in [-0.25, -0.2) is 4.79 Å². The first-order valence-electron chi connectivity index (χ1n) is 9.03. The molecule has 0 aromatic carbocycles. The van der Waals surface area contributed by atoms with Crippen LogP contribution < -0.4 is 5.32 Å². The van der Waals surface area contributed by atoms with E-state index < -0.39 is 0 Å². The summed E-state index contributed by atoms with van der Waals surface area (Å²) in [6.07, 6.45) is 5.22. The highest BCUT2D eigenvalue weighted by atomic mass is 16.5. The molecule has 1 N–H and O–H groups in total. The van der Waals surface area contributed by atoms with Crippen LogP contribution in [0, 0.1) is 0 Å². The van der Waals surface area contributed by atoms with Gasteiger partial charge in [0.1, 0.15) is 12.4 Å². The van der Waals surface area contributed by atoms with E-state index in [9.17, 15) is 4.79 Å². The number of hydrogen-bond acceptors (Lipinski definition) is 5. The Hall–Kier alpha value is -1.67. The summed E-state index contributed by atoms with van der Waals surface area (Å²) in [5, 5.41) is 11.3. The van der Waals surface area contributed by atoms with Gasteiger partial charge in [-0.1, -0.05) is 0 Å². The molecule has 8 heteroatoms. The van der Waals surface area contributed by atoms with Crippen molar-refractivity contribution in [2.24, 2.45) is 0 Å². The minimum absolute atomic E-state index is 0.0218. The lowest BCUT2D eigenvalue weighted by atomic mass is 10.2. The third-order valence-electron chi connectivity index (χ3n) is 5.24. The van der Waals surface area contributed by atoms with E-state index in [2.05, 4.69) is 20.4 Å². The molecule has 2 amide bonds.